The molecule has 0 aromatic heterocycles. The summed E-state index contributed by atoms with van der Waals surface area (Å²) in [7, 11) is 2.81. The van der Waals surface area contributed by atoms with Crippen molar-refractivity contribution in [2.24, 2.45) is 17.8 Å². The molecule has 3 aliphatic rings. The van der Waals surface area contributed by atoms with Crippen LogP contribution in [0, 0.1) is 17.8 Å². The van der Waals surface area contributed by atoms with Gasteiger partial charge in [0.2, 0.25) is 0 Å². The van der Waals surface area contributed by atoms with E-state index in [0.29, 0.717) is 32.5 Å². The predicted octanol–water partition coefficient (Wildman–Crippen LogP) is 5.87. The fraction of sp³-hybridized carbons (Fsp3) is 0.580. The first-order chi connectivity index (χ1) is 31.9. The molecule has 15 nitrogen and oxygen atoms in total. The molecule has 3 atom stereocenters. The van der Waals surface area contributed by atoms with E-state index in [-0.39, 0.29) is 35.4 Å². The molecule has 3 aliphatic heterocycles. The van der Waals surface area contributed by atoms with Crippen molar-refractivity contribution in [1.82, 2.24) is 14.7 Å². The third kappa shape index (κ3) is 23.9. The fourth-order valence-corrected chi connectivity index (χ4v) is 7.47. The predicted molar refractivity (Wildman–Crippen MR) is 258 cm³/mol. The minimum atomic E-state index is -0.763. The number of methoxy groups -OCH3 is 2. The quantitative estimate of drug-likeness (QED) is 0.108. The maximum atomic E-state index is 11.4. The van der Waals surface area contributed by atoms with Crippen molar-refractivity contribution in [3.05, 3.63) is 89.5 Å². The molecule has 0 aliphatic carbocycles. The highest BCUT2D eigenvalue weighted by Gasteiger charge is 2.16. The molecule has 66 heavy (non-hydrogen) atoms. The summed E-state index contributed by atoms with van der Waals surface area (Å²) < 4.78 is 36.7. The minimum absolute atomic E-state index is 0.127. The number of hydrogen-bond donors (Lipinski definition) is 2. The molecule has 3 fully saturated rings. The first kappa shape index (κ1) is 56.0. The molecule has 0 radical (unpaired) electrons. The van der Waals surface area contributed by atoms with Crippen LogP contribution < -0.4 is 9.47 Å². The van der Waals surface area contributed by atoms with E-state index in [4.69, 9.17) is 38.6 Å². The highest BCUT2D eigenvalue weighted by molar-refractivity contribution is 9.09. The Morgan fingerprint density at radius 1 is 0.545 bits per heavy atom. The van der Waals surface area contributed by atoms with Crippen LogP contribution in [0.15, 0.2) is 72.8 Å². The summed E-state index contributed by atoms with van der Waals surface area (Å²) in [5, 5.41) is 19.0. The molecule has 3 aromatic rings. The number of alkyl halides is 1. The van der Waals surface area contributed by atoms with E-state index in [0.717, 1.165) is 132 Å². The van der Waals surface area contributed by atoms with Gasteiger partial charge in [0.1, 0.15) is 30.5 Å². The Balaban J connectivity index is 0.000000245. The molecule has 0 amide bonds. The maximum Gasteiger partial charge on any atom is 0.308 e. The van der Waals surface area contributed by atoms with Gasteiger partial charge < -0.3 is 43.4 Å². The zero-order chi connectivity index (χ0) is 47.9. The van der Waals surface area contributed by atoms with Crippen molar-refractivity contribution in [2.45, 2.75) is 40.0 Å². The Morgan fingerprint density at radius 2 is 0.864 bits per heavy atom. The molecule has 6 rings (SSSR count). The van der Waals surface area contributed by atoms with Crippen molar-refractivity contribution >= 4 is 33.8 Å². The number of halogens is 1. The lowest BCUT2D eigenvalue weighted by Crippen LogP contribution is -2.38. The molecule has 0 bridgehead atoms. The second-order valence-electron chi connectivity index (χ2n) is 16.4. The molecule has 0 spiro atoms. The Bertz CT molecular complexity index is 1750. The molecule has 368 valence electrons. The molecule has 16 heteroatoms. The van der Waals surface area contributed by atoms with Crippen molar-refractivity contribution in [3.8, 4) is 17.2 Å². The Labute approximate surface area is 400 Å². The van der Waals surface area contributed by atoms with Crippen molar-refractivity contribution in [2.75, 3.05) is 131 Å². The van der Waals surface area contributed by atoms with Crippen molar-refractivity contribution in [3.63, 3.8) is 0 Å². The van der Waals surface area contributed by atoms with Crippen LogP contribution in [0.3, 0.4) is 0 Å². The van der Waals surface area contributed by atoms with E-state index in [9.17, 15) is 14.4 Å². The second-order valence-corrected chi connectivity index (χ2v) is 17.2. The third-order valence-corrected chi connectivity index (χ3v) is 11.5. The number of carboxylic acid groups (broad SMARTS) is 1. The van der Waals surface area contributed by atoms with E-state index in [2.05, 4.69) is 35.4 Å². The number of esters is 2. The maximum absolute atomic E-state index is 11.4. The van der Waals surface area contributed by atoms with Gasteiger partial charge in [0.25, 0.3) is 0 Å². The van der Waals surface area contributed by atoms with Gasteiger partial charge in [-0.1, -0.05) is 73.1 Å². The highest BCUT2D eigenvalue weighted by atomic mass is 79.9. The number of phenolic OH excluding ortho intramolecular Hbond substituents is 1. The SMILES string of the molecule is BrCCN1CCOCC1.COC(=O)[C@H](C)Cc1ccc(O)cc1.COC(=O)[C@H](C)Cc1ccc(OCCN2CCOCC2)cc1.C[C@H](Cc1ccc(OCCN2CCOCC2)cc1)C(=O)O. The Kier molecular flexibility index (Phi) is 28.2. The molecule has 0 unspecified atom stereocenters. The van der Waals surface area contributed by atoms with Gasteiger partial charge in [-0.2, -0.15) is 0 Å². The normalized spacial score (nSPS) is 16.8. The molecule has 3 heterocycles. The smallest absolute Gasteiger partial charge is 0.308 e. The van der Waals surface area contributed by atoms with Crippen LogP contribution >= 0.6 is 15.9 Å². The van der Waals surface area contributed by atoms with E-state index in [1.165, 1.54) is 14.2 Å². The number of rotatable bonds is 19. The number of benzene rings is 3. The average molecular weight is 989 g/mol. The van der Waals surface area contributed by atoms with Gasteiger partial charge in [0.05, 0.1) is 71.6 Å². The highest BCUT2D eigenvalue weighted by Crippen LogP contribution is 2.18. The molecule has 3 aromatic carbocycles. The van der Waals surface area contributed by atoms with Crippen LogP contribution in [0.1, 0.15) is 37.5 Å². The first-order valence-corrected chi connectivity index (χ1v) is 24.1. The first-order valence-electron chi connectivity index (χ1n) is 23.0. The number of aliphatic carboxylic acids is 1. The molecular formula is C50H74BrN3O12. The molecular weight excluding hydrogens is 914 g/mol. The van der Waals surface area contributed by atoms with Gasteiger partial charge in [-0.15, -0.1) is 0 Å². The van der Waals surface area contributed by atoms with Gasteiger partial charge in [-0.05, 0) is 72.4 Å². The zero-order valence-corrected chi connectivity index (χ0v) is 41.3. The number of carbonyl (C=O) groups excluding carboxylic acids is 2. The van der Waals surface area contributed by atoms with Crippen molar-refractivity contribution in [1.29, 1.82) is 0 Å². The lowest BCUT2D eigenvalue weighted by atomic mass is 10.0. The number of hydrogen-bond acceptors (Lipinski definition) is 14. The van der Waals surface area contributed by atoms with Gasteiger partial charge in [-0.25, -0.2) is 0 Å². The summed E-state index contributed by atoms with van der Waals surface area (Å²) in [5.41, 5.74) is 3.14. The van der Waals surface area contributed by atoms with Crippen LogP contribution in [-0.2, 0) is 57.3 Å². The lowest BCUT2D eigenvalue weighted by molar-refractivity contribution is -0.145. The molecule has 0 saturated carbocycles. The number of aromatic hydroxyl groups is 1. The summed E-state index contributed by atoms with van der Waals surface area (Å²) in [6.07, 6.45) is 1.86. The summed E-state index contributed by atoms with van der Waals surface area (Å²) in [4.78, 5) is 40.4. The Hall–Kier alpha value is -4.29. The number of morpholine rings is 3. The monoisotopic (exact) mass is 987 g/mol. The van der Waals surface area contributed by atoms with Crippen LogP contribution in [0.2, 0.25) is 0 Å². The van der Waals surface area contributed by atoms with Gasteiger partial charge in [-0.3, -0.25) is 29.1 Å². The molecule has 2 N–H and O–H groups in total. The lowest BCUT2D eigenvalue weighted by Gasteiger charge is -2.26. The van der Waals surface area contributed by atoms with Gasteiger partial charge >= 0.3 is 17.9 Å². The standard InChI is InChI=1S/C17H25NO4.C16H23NO4.C11H14O3.C6H12BrNO/c1-14(17(19)20-2)13-15-3-5-16(6-4-15)22-12-9-18-7-10-21-11-8-18;1-13(16(18)19)12-14-2-4-15(5-3-14)21-11-8-17-6-9-20-10-7-17;1-8(11(13)14-2)7-9-3-5-10(12)6-4-9;7-1-2-8-3-5-9-6-4-8/h3-6,14H,7-13H2,1-2H3;2-5,13H,6-12H2,1H3,(H,18,19);3-6,8,12H,7H2,1-2H3;1-6H2/t14-;13-;8-;/m111./s1. The molecule has 3 saturated heterocycles. The number of phenols is 1. The van der Waals surface area contributed by atoms with Gasteiger partial charge in [0, 0.05) is 64.2 Å². The van der Waals surface area contributed by atoms with E-state index in [1.807, 2.05) is 62.4 Å². The largest absolute Gasteiger partial charge is 0.508 e. The minimum Gasteiger partial charge on any atom is -0.508 e. The van der Waals surface area contributed by atoms with Crippen LogP contribution in [0.4, 0.5) is 0 Å². The van der Waals surface area contributed by atoms with E-state index in [1.54, 1.807) is 31.2 Å². The number of ether oxygens (including phenoxy) is 7. The van der Waals surface area contributed by atoms with Crippen molar-refractivity contribution < 1.29 is 57.8 Å². The topological polar surface area (TPSA) is 166 Å². The third-order valence-electron chi connectivity index (χ3n) is 11.1. The number of carbonyl (C=O) groups is 3. The second kappa shape index (κ2) is 33.2. The van der Waals surface area contributed by atoms with Crippen LogP contribution in [-0.4, -0.2) is 174 Å². The van der Waals surface area contributed by atoms with E-state index >= 15 is 0 Å². The van der Waals surface area contributed by atoms with Gasteiger partial charge in [0.15, 0.2) is 0 Å². The van der Waals surface area contributed by atoms with Crippen LogP contribution in [0.25, 0.3) is 0 Å². The summed E-state index contributed by atoms with van der Waals surface area (Å²) in [6.45, 7) is 20.9. The van der Waals surface area contributed by atoms with E-state index < -0.39 is 5.97 Å². The summed E-state index contributed by atoms with van der Waals surface area (Å²) in [5.74, 6) is 0.141. The zero-order valence-electron chi connectivity index (χ0n) is 39.7. The van der Waals surface area contributed by atoms with Crippen LogP contribution in [0.5, 0.6) is 17.2 Å². The number of nitrogens with zero attached hydrogens (tertiary/aromatic N) is 3. The average Bonchev–Trinajstić information content (AvgIpc) is 3.34. The summed E-state index contributed by atoms with van der Waals surface area (Å²) in [6, 6.07) is 22.4. The Morgan fingerprint density at radius 3 is 1.18 bits per heavy atom. The summed E-state index contributed by atoms with van der Waals surface area (Å²) >= 11 is 3.40. The fourth-order valence-electron chi connectivity index (χ4n) is 6.97. The number of carboxylic acids is 1.